The van der Waals surface area contributed by atoms with E-state index < -0.39 is 0 Å². The highest BCUT2D eigenvalue weighted by molar-refractivity contribution is 4.89. The van der Waals surface area contributed by atoms with E-state index in [4.69, 9.17) is 0 Å². The molecule has 2 aliphatic rings. The first-order valence-corrected chi connectivity index (χ1v) is 9.05. The van der Waals surface area contributed by atoms with Crippen LogP contribution in [0.2, 0.25) is 0 Å². The maximum atomic E-state index is 3.47. The Morgan fingerprint density at radius 3 is 2.33 bits per heavy atom. The third-order valence-corrected chi connectivity index (χ3v) is 5.90. The van der Waals surface area contributed by atoms with Gasteiger partial charge in [0, 0.05) is 19.6 Å². The Morgan fingerprint density at radius 2 is 1.76 bits per heavy atom. The fourth-order valence-electron chi connectivity index (χ4n) is 4.46. The third kappa shape index (κ3) is 5.22. The zero-order valence-electron chi connectivity index (χ0n) is 14.8. The molecule has 0 aromatic carbocycles. The van der Waals surface area contributed by atoms with E-state index in [0.29, 0.717) is 5.41 Å². The van der Waals surface area contributed by atoms with Crippen molar-refractivity contribution in [3.8, 4) is 0 Å². The lowest BCUT2D eigenvalue weighted by Gasteiger charge is -2.43. The first-order chi connectivity index (χ1) is 10.0. The van der Waals surface area contributed by atoms with Crippen molar-refractivity contribution in [3.63, 3.8) is 0 Å². The van der Waals surface area contributed by atoms with E-state index in [1.807, 2.05) is 0 Å². The smallest absolute Gasteiger partial charge is 0.00472 e. The van der Waals surface area contributed by atoms with Gasteiger partial charge in [-0.1, -0.05) is 19.8 Å². The third-order valence-electron chi connectivity index (χ3n) is 5.90. The molecular formula is C18H37N3. The summed E-state index contributed by atoms with van der Waals surface area (Å²) in [6, 6.07) is 0. The van der Waals surface area contributed by atoms with Crippen LogP contribution >= 0.6 is 0 Å². The highest BCUT2D eigenvalue weighted by atomic mass is 15.1. The van der Waals surface area contributed by atoms with E-state index in [9.17, 15) is 0 Å². The largest absolute Gasteiger partial charge is 0.319 e. The molecule has 0 radical (unpaired) electrons. The molecule has 0 amide bonds. The molecule has 0 unspecified atom stereocenters. The second-order valence-electron chi connectivity index (χ2n) is 8.16. The van der Waals surface area contributed by atoms with Crippen LogP contribution in [0.3, 0.4) is 0 Å². The number of nitrogens with zero attached hydrogens (tertiary/aromatic N) is 2. The van der Waals surface area contributed by atoms with Crippen LogP contribution in [0.25, 0.3) is 0 Å². The Kier molecular flexibility index (Phi) is 6.51. The van der Waals surface area contributed by atoms with Gasteiger partial charge in [0.2, 0.25) is 0 Å². The lowest BCUT2D eigenvalue weighted by Crippen LogP contribution is -2.46. The number of piperidine rings is 1. The quantitative estimate of drug-likeness (QED) is 0.813. The minimum atomic E-state index is 0.529. The van der Waals surface area contributed by atoms with Crippen LogP contribution in [0.5, 0.6) is 0 Å². The van der Waals surface area contributed by atoms with Crippen LogP contribution in [-0.4, -0.2) is 63.7 Å². The van der Waals surface area contributed by atoms with Gasteiger partial charge in [0.25, 0.3) is 0 Å². The summed E-state index contributed by atoms with van der Waals surface area (Å²) >= 11 is 0. The molecule has 2 rings (SSSR count). The number of hydrogen-bond donors (Lipinski definition) is 1. The van der Waals surface area contributed by atoms with Gasteiger partial charge in [-0.05, 0) is 77.2 Å². The minimum Gasteiger partial charge on any atom is -0.319 e. The van der Waals surface area contributed by atoms with E-state index in [-0.39, 0.29) is 0 Å². The van der Waals surface area contributed by atoms with Gasteiger partial charge >= 0.3 is 0 Å². The van der Waals surface area contributed by atoms with Crippen LogP contribution in [0.1, 0.15) is 45.4 Å². The molecule has 1 saturated heterocycles. The van der Waals surface area contributed by atoms with E-state index in [0.717, 1.165) is 11.8 Å². The van der Waals surface area contributed by atoms with Crippen LogP contribution in [-0.2, 0) is 0 Å². The molecule has 124 valence electrons. The summed E-state index contributed by atoms with van der Waals surface area (Å²) in [5.41, 5.74) is 0.529. The summed E-state index contributed by atoms with van der Waals surface area (Å²) in [6.45, 7) is 8.78. The number of rotatable bonds is 6. The molecule has 1 saturated carbocycles. The van der Waals surface area contributed by atoms with Crippen LogP contribution in [0, 0.1) is 17.3 Å². The van der Waals surface area contributed by atoms with Crippen molar-refractivity contribution in [2.75, 3.05) is 53.9 Å². The maximum Gasteiger partial charge on any atom is 0.00472 e. The Labute approximate surface area is 132 Å². The molecule has 21 heavy (non-hydrogen) atoms. The summed E-state index contributed by atoms with van der Waals surface area (Å²) in [5.74, 6) is 1.86. The summed E-state index contributed by atoms with van der Waals surface area (Å²) in [7, 11) is 6.73. The van der Waals surface area contributed by atoms with Gasteiger partial charge in [-0.2, -0.15) is 0 Å². The highest BCUT2D eigenvalue weighted by Crippen LogP contribution is 2.39. The second kappa shape index (κ2) is 7.94. The predicted molar refractivity (Wildman–Crippen MR) is 91.7 cm³/mol. The molecule has 1 aliphatic carbocycles. The van der Waals surface area contributed by atoms with Gasteiger partial charge in [0.1, 0.15) is 0 Å². The van der Waals surface area contributed by atoms with Crippen molar-refractivity contribution in [1.82, 2.24) is 15.1 Å². The fraction of sp³-hybridized carbons (Fsp3) is 1.00. The van der Waals surface area contributed by atoms with Crippen LogP contribution in [0.4, 0.5) is 0 Å². The minimum absolute atomic E-state index is 0.529. The van der Waals surface area contributed by atoms with Crippen molar-refractivity contribution in [2.45, 2.75) is 45.4 Å². The molecule has 1 heterocycles. The maximum absolute atomic E-state index is 3.47. The standard InChI is InChI=1S/C18H37N3/c1-16-5-9-18(10-6-16,14-19-2)15-21(4)13-17-7-11-20(3)12-8-17/h16-17,19H,5-15H2,1-4H3. The molecule has 0 aromatic heterocycles. The van der Waals surface area contributed by atoms with Gasteiger partial charge in [0.05, 0.1) is 0 Å². The first kappa shape index (κ1) is 17.2. The summed E-state index contributed by atoms with van der Waals surface area (Å²) in [5, 5.41) is 3.47. The number of likely N-dealkylation sites (tertiary alicyclic amines) is 1. The average Bonchev–Trinajstić information content (AvgIpc) is 2.45. The van der Waals surface area contributed by atoms with Crippen molar-refractivity contribution >= 4 is 0 Å². The number of nitrogens with one attached hydrogen (secondary N) is 1. The lowest BCUT2D eigenvalue weighted by molar-refractivity contribution is 0.0844. The van der Waals surface area contributed by atoms with Crippen molar-refractivity contribution in [3.05, 3.63) is 0 Å². The zero-order valence-corrected chi connectivity index (χ0v) is 14.8. The van der Waals surface area contributed by atoms with Crippen LogP contribution < -0.4 is 5.32 Å². The molecule has 0 bridgehead atoms. The molecule has 3 heteroatoms. The zero-order chi connectivity index (χ0) is 15.3. The van der Waals surface area contributed by atoms with Gasteiger partial charge in [0.15, 0.2) is 0 Å². The van der Waals surface area contributed by atoms with E-state index >= 15 is 0 Å². The molecule has 0 spiro atoms. The molecule has 2 fully saturated rings. The van der Waals surface area contributed by atoms with Crippen molar-refractivity contribution in [1.29, 1.82) is 0 Å². The fourth-order valence-corrected chi connectivity index (χ4v) is 4.46. The highest BCUT2D eigenvalue weighted by Gasteiger charge is 2.35. The van der Waals surface area contributed by atoms with Gasteiger partial charge in [-0.3, -0.25) is 0 Å². The first-order valence-electron chi connectivity index (χ1n) is 9.05. The summed E-state index contributed by atoms with van der Waals surface area (Å²) < 4.78 is 0. The summed E-state index contributed by atoms with van der Waals surface area (Å²) in [4.78, 5) is 5.12. The normalized spacial score (nSPS) is 32.7. The average molecular weight is 296 g/mol. The number of hydrogen-bond acceptors (Lipinski definition) is 3. The van der Waals surface area contributed by atoms with Gasteiger partial charge in [-0.15, -0.1) is 0 Å². The topological polar surface area (TPSA) is 18.5 Å². The molecular weight excluding hydrogens is 258 g/mol. The molecule has 1 aliphatic heterocycles. The van der Waals surface area contributed by atoms with Gasteiger partial charge in [-0.25, -0.2) is 0 Å². The second-order valence-corrected chi connectivity index (χ2v) is 8.16. The van der Waals surface area contributed by atoms with Gasteiger partial charge < -0.3 is 15.1 Å². The molecule has 3 nitrogen and oxygen atoms in total. The Morgan fingerprint density at radius 1 is 1.14 bits per heavy atom. The Bertz CT molecular complexity index is 289. The predicted octanol–water partition coefficient (Wildman–Crippen LogP) is 2.68. The molecule has 0 atom stereocenters. The monoisotopic (exact) mass is 295 g/mol. The van der Waals surface area contributed by atoms with E-state index in [2.05, 4.69) is 43.2 Å². The lowest BCUT2D eigenvalue weighted by atomic mass is 9.70. The van der Waals surface area contributed by atoms with E-state index in [1.165, 1.54) is 71.2 Å². The Balaban J connectivity index is 1.82. The van der Waals surface area contributed by atoms with Crippen molar-refractivity contribution in [2.24, 2.45) is 17.3 Å². The SMILES string of the molecule is CNCC1(CN(C)CC2CCN(C)CC2)CCC(C)CC1. The summed E-state index contributed by atoms with van der Waals surface area (Å²) in [6.07, 6.45) is 8.43. The van der Waals surface area contributed by atoms with Crippen molar-refractivity contribution < 1.29 is 0 Å². The van der Waals surface area contributed by atoms with E-state index in [1.54, 1.807) is 0 Å². The van der Waals surface area contributed by atoms with Crippen LogP contribution in [0.15, 0.2) is 0 Å². The molecule has 0 aromatic rings. The molecule has 1 N–H and O–H groups in total. The Hall–Kier alpha value is -0.120.